The highest BCUT2D eigenvalue weighted by molar-refractivity contribution is 4.61. The summed E-state index contributed by atoms with van der Waals surface area (Å²) in [5.41, 5.74) is 0. The Morgan fingerprint density at radius 1 is 1.00 bits per heavy atom. The Kier molecular flexibility index (Phi) is 11.1. The van der Waals surface area contributed by atoms with Gasteiger partial charge < -0.3 is 24.3 Å². The van der Waals surface area contributed by atoms with Gasteiger partial charge in [0.2, 0.25) is 0 Å². The number of rotatable bonds is 11. The summed E-state index contributed by atoms with van der Waals surface area (Å²) < 4.78 is 21.0. The van der Waals surface area contributed by atoms with Gasteiger partial charge in [0.05, 0.1) is 12.7 Å². The summed E-state index contributed by atoms with van der Waals surface area (Å²) in [5, 5.41) is 3.24. The lowest BCUT2D eigenvalue weighted by Gasteiger charge is -2.20. The molecule has 16 heavy (non-hydrogen) atoms. The summed E-state index contributed by atoms with van der Waals surface area (Å²) in [5.74, 6) is 0. The van der Waals surface area contributed by atoms with Crippen LogP contribution in [0.2, 0.25) is 0 Å². The Morgan fingerprint density at radius 2 is 1.62 bits per heavy atom. The van der Waals surface area contributed by atoms with E-state index >= 15 is 0 Å². The minimum absolute atomic E-state index is 0.0638. The molecule has 0 aromatic heterocycles. The summed E-state index contributed by atoms with van der Waals surface area (Å²) in [6, 6.07) is 0. The van der Waals surface area contributed by atoms with E-state index in [2.05, 4.69) is 5.32 Å². The average Bonchev–Trinajstić information content (AvgIpc) is 2.28. The van der Waals surface area contributed by atoms with Gasteiger partial charge in [-0.25, -0.2) is 0 Å². The van der Waals surface area contributed by atoms with Gasteiger partial charge in [-0.3, -0.25) is 0 Å². The summed E-state index contributed by atoms with van der Waals surface area (Å²) in [6.07, 6.45) is -0.121. The minimum atomic E-state index is -0.185. The largest absolute Gasteiger partial charge is 0.382 e. The lowest BCUT2D eigenvalue weighted by molar-refractivity contribution is -0.133. The molecule has 5 nitrogen and oxygen atoms in total. The van der Waals surface area contributed by atoms with E-state index in [1.54, 1.807) is 14.2 Å². The van der Waals surface area contributed by atoms with Gasteiger partial charge in [-0.15, -0.1) is 0 Å². The van der Waals surface area contributed by atoms with Crippen molar-refractivity contribution in [1.29, 1.82) is 0 Å². The third-order valence-corrected chi connectivity index (χ3v) is 2.07. The van der Waals surface area contributed by atoms with Crippen LogP contribution in [0, 0.1) is 0 Å². The molecule has 0 saturated carbocycles. The SMILES string of the molecule is CCOC(CNCC(COC)OC)OCC. The van der Waals surface area contributed by atoms with E-state index in [1.165, 1.54) is 0 Å². The van der Waals surface area contributed by atoms with Crippen molar-refractivity contribution in [1.82, 2.24) is 5.32 Å². The van der Waals surface area contributed by atoms with Crippen LogP contribution in [0.15, 0.2) is 0 Å². The normalized spacial score (nSPS) is 13.3. The van der Waals surface area contributed by atoms with Crippen molar-refractivity contribution >= 4 is 0 Å². The molecule has 0 aliphatic carbocycles. The van der Waals surface area contributed by atoms with Crippen LogP contribution in [0.25, 0.3) is 0 Å². The molecule has 1 atom stereocenters. The molecule has 0 aromatic rings. The highest BCUT2D eigenvalue weighted by Crippen LogP contribution is 1.94. The number of hydrogen-bond acceptors (Lipinski definition) is 5. The molecule has 0 spiro atoms. The third kappa shape index (κ3) is 8.01. The van der Waals surface area contributed by atoms with Crippen molar-refractivity contribution in [2.75, 3.05) is 47.1 Å². The van der Waals surface area contributed by atoms with Gasteiger partial charge in [-0.1, -0.05) is 0 Å². The number of nitrogens with one attached hydrogen (secondary N) is 1. The van der Waals surface area contributed by atoms with Gasteiger partial charge >= 0.3 is 0 Å². The molecule has 0 bridgehead atoms. The van der Waals surface area contributed by atoms with Gasteiger partial charge in [-0.05, 0) is 13.8 Å². The van der Waals surface area contributed by atoms with Crippen molar-refractivity contribution in [3.05, 3.63) is 0 Å². The molecule has 0 aliphatic heterocycles. The van der Waals surface area contributed by atoms with Gasteiger partial charge in [0, 0.05) is 40.5 Å². The lowest BCUT2D eigenvalue weighted by Crippen LogP contribution is -2.38. The van der Waals surface area contributed by atoms with Crippen molar-refractivity contribution in [3.63, 3.8) is 0 Å². The summed E-state index contributed by atoms with van der Waals surface area (Å²) in [7, 11) is 3.34. The van der Waals surface area contributed by atoms with Gasteiger partial charge in [0.15, 0.2) is 6.29 Å². The number of hydrogen-bond donors (Lipinski definition) is 1. The van der Waals surface area contributed by atoms with E-state index in [4.69, 9.17) is 18.9 Å². The monoisotopic (exact) mass is 235 g/mol. The highest BCUT2D eigenvalue weighted by Gasteiger charge is 2.10. The van der Waals surface area contributed by atoms with E-state index in [1.807, 2.05) is 13.8 Å². The molecule has 1 unspecified atom stereocenters. The van der Waals surface area contributed by atoms with Crippen LogP contribution in [-0.2, 0) is 18.9 Å². The zero-order valence-corrected chi connectivity index (χ0v) is 10.8. The standard InChI is InChI=1S/C11H25NO4/c1-5-15-11(16-6-2)8-12-7-10(14-4)9-13-3/h10-12H,5-9H2,1-4H3. The van der Waals surface area contributed by atoms with Gasteiger partial charge in [0.25, 0.3) is 0 Å². The van der Waals surface area contributed by atoms with Crippen LogP contribution in [0.4, 0.5) is 0 Å². The Labute approximate surface area is 98.4 Å². The van der Waals surface area contributed by atoms with Crippen LogP contribution in [-0.4, -0.2) is 59.5 Å². The maximum atomic E-state index is 5.40. The quantitative estimate of drug-likeness (QED) is 0.532. The Morgan fingerprint density at radius 3 is 2.06 bits per heavy atom. The first kappa shape index (κ1) is 15.8. The molecular weight excluding hydrogens is 210 g/mol. The number of ether oxygens (including phenoxy) is 4. The first-order valence-electron chi connectivity index (χ1n) is 5.74. The fourth-order valence-corrected chi connectivity index (χ4v) is 1.30. The fourth-order valence-electron chi connectivity index (χ4n) is 1.30. The summed E-state index contributed by atoms with van der Waals surface area (Å²) >= 11 is 0. The molecule has 0 saturated heterocycles. The van der Waals surface area contributed by atoms with Gasteiger partial charge in [-0.2, -0.15) is 0 Å². The zero-order valence-electron chi connectivity index (χ0n) is 10.8. The molecule has 0 aromatic carbocycles. The van der Waals surface area contributed by atoms with E-state index < -0.39 is 0 Å². The van der Waals surface area contributed by atoms with Crippen LogP contribution in [0.3, 0.4) is 0 Å². The predicted octanol–water partition coefficient (Wildman–Crippen LogP) is 0.637. The second kappa shape index (κ2) is 11.3. The van der Waals surface area contributed by atoms with Crippen LogP contribution in [0.1, 0.15) is 13.8 Å². The maximum Gasteiger partial charge on any atom is 0.169 e. The molecule has 0 radical (unpaired) electrons. The molecule has 5 heteroatoms. The van der Waals surface area contributed by atoms with E-state index in [0.717, 1.165) is 6.54 Å². The predicted molar refractivity (Wildman–Crippen MR) is 62.6 cm³/mol. The second-order valence-corrected chi connectivity index (χ2v) is 3.31. The molecule has 1 N–H and O–H groups in total. The van der Waals surface area contributed by atoms with Crippen molar-refractivity contribution in [2.24, 2.45) is 0 Å². The summed E-state index contributed by atoms with van der Waals surface area (Å²) in [4.78, 5) is 0. The van der Waals surface area contributed by atoms with Crippen molar-refractivity contribution in [3.8, 4) is 0 Å². The van der Waals surface area contributed by atoms with Crippen LogP contribution in [0.5, 0.6) is 0 Å². The van der Waals surface area contributed by atoms with Crippen molar-refractivity contribution < 1.29 is 18.9 Å². The Bertz CT molecular complexity index is 140. The second-order valence-electron chi connectivity index (χ2n) is 3.31. The highest BCUT2D eigenvalue weighted by atomic mass is 16.7. The molecule has 0 rings (SSSR count). The maximum absolute atomic E-state index is 5.40. The smallest absolute Gasteiger partial charge is 0.169 e. The Balaban J connectivity index is 3.65. The van der Waals surface area contributed by atoms with Crippen LogP contribution >= 0.6 is 0 Å². The molecule has 0 aliphatic rings. The van der Waals surface area contributed by atoms with E-state index in [-0.39, 0.29) is 12.4 Å². The lowest BCUT2D eigenvalue weighted by atomic mass is 10.3. The molecule has 0 amide bonds. The van der Waals surface area contributed by atoms with E-state index in [0.29, 0.717) is 26.4 Å². The number of methoxy groups -OCH3 is 2. The fraction of sp³-hybridized carbons (Fsp3) is 1.00. The molecule has 0 heterocycles. The van der Waals surface area contributed by atoms with Crippen molar-refractivity contribution in [2.45, 2.75) is 26.2 Å². The summed E-state index contributed by atoms with van der Waals surface area (Å²) in [6.45, 7) is 7.17. The minimum Gasteiger partial charge on any atom is -0.382 e. The first-order chi connectivity index (χ1) is 7.78. The third-order valence-electron chi connectivity index (χ3n) is 2.07. The van der Waals surface area contributed by atoms with Crippen LogP contribution < -0.4 is 5.32 Å². The first-order valence-corrected chi connectivity index (χ1v) is 5.74. The average molecular weight is 235 g/mol. The Hall–Kier alpha value is -0.200. The zero-order chi connectivity index (χ0) is 12.2. The topological polar surface area (TPSA) is 49.0 Å². The molecular formula is C11H25NO4. The van der Waals surface area contributed by atoms with E-state index in [9.17, 15) is 0 Å². The molecule has 98 valence electrons. The van der Waals surface area contributed by atoms with Gasteiger partial charge in [0.1, 0.15) is 0 Å². The molecule has 0 fully saturated rings.